The van der Waals surface area contributed by atoms with Gasteiger partial charge in [0.2, 0.25) is 5.91 Å². The number of thiophene rings is 1. The van der Waals surface area contributed by atoms with Gasteiger partial charge in [-0.2, -0.15) is 10.2 Å². The van der Waals surface area contributed by atoms with E-state index in [-0.39, 0.29) is 12.3 Å². The number of hydrogen-bond donors (Lipinski definition) is 1. The zero-order chi connectivity index (χ0) is 21.8. The fraction of sp³-hybridized carbons (Fsp3) is 0.125. The van der Waals surface area contributed by atoms with Gasteiger partial charge in [-0.25, -0.2) is 10.1 Å². The zero-order valence-corrected chi connectivity index (χ0v) is 17.9. The number of amides is 1. The first-order chi connectivity index (χ1) is 15.8. The molecule has 0 spiro atoms. The van der Waals surface area contributed by atoms with E-state index in [4.69, 9.17) is 14.6 Å². The van der Waals surface area contributed by atoms with Crippen LogP contribution < -0.4 is 14.9 Å². The summed E-state index contributed by atoms with van der Waals surface area (Å²) in [6.07, 6.45) is 3.72. The third-order valence-corrected chi connectivity index (χ3v) is 5.76. The Kier molecular flexibility index (Phi) is 5.67. The van der Waals surface area contributed by atoms with Gasteiger partial charge < -0.3 is 9.47 Å². The lowest BCUT2D eigenvalue weighted by Crippen LogP contribution is -2.20. The maximum atomic E-state index is 12.4. The molecule has 0 aliphatic carbocycles. The molecule has 0 saturated carbocycles. The number of benzene rings is 2. The number of rotatable bonds is 6. The van der Waals surface area contributed by atoms with Crippen LogP contribution in [0.25, 0.3) is 16.3 Å². The van der Waals surface area contributed by atoms with E-state index in [1.54, 1.807) is 17.6 Å². The Morgan fingerprint density at radius 2 is 1.94 bits per heavy atom. The van der Waals surface area contributed by atoms with Crippen LogP contribution in [-0.2, 0) is 11.2 Å². The average Bonchev–Trinajstić information content (AvgIpc) is 3.50. The van der Waals surface area contributed by atoms with Crippen molar-refractivity contribution in [2.45, 2.75) is 6.42 Å². The molecule has 8 heteroatoms. The SMILES string of the molecule is O=C(Cc1ccc2c(c1)OCCO2)NN=Cc1cn(-c2ccccc2)nc1-c1cccs1. The third kappa shape index (κ3) is 4.40. The summed E-state index contributed by atoms with van der Waals surface area (Å²) in [5, 5.41) is 10.9. The van der Waals surface area contributed by atoms with Crippen molar-refractivity contribution < 1.29 is 14.3 Å². The van der Waals surface area contributed by atoms with Gasteiger partial charge in [0.05, 0.1) is 23.2 Å². The second kappa shape index (κ2) is 9.07. The van der Waals surface area contributed by atoms with Crippen LogP contribution in [0.1, 0.15) is 11.1 Å². The number of nitrogens with zero attached hydrogens (tertiary/aromatic N) is 3. The monoisotopic (exact) mass is 444 g/mol. The number of ether oxygens (including phenoxy) is 2. The first kappa shape index (κ1) is 20.0. The van der Waals surface area contributed by atoms with Gasteiger partial charge >= 0.3 is 0 Å². The van der Waals surface area contributed by atoms with Crippen LogP contribution in [0.3, 0.4) is 0 Å². The minimum absolute atomic E-state index is 0.190. The maximum absolute atomic E-state index is 12.4. The van der Waals surface area contributed by atoms with E-state index in [2.05, 4.69) is 10.5 Å². The molecule has 2 aromatic heterocycles. The largest absolute Gasteiger partial charge is 0.486 e. The summed E-state index contributed by atoms with van der Waals surface area (Å²) in [6.45, 7) is 1.05. The van der Waals surface area contributed by atoms with Crippen LogP contribution in [0.15, 0.2) is 77.3 Å². The van der Waals surface area contributed by atoms with Crippen molar-refractivity contribution in [3.05, 3.63) is 83.4 Å². The Balaban J connectivity index is 1.30. The van der Waals surface area contributed by atoms with Gasteiger partial charge in [-0.15, -0.1) is 11.3 Å². The smallest absolute Gasteiger partial charge is 0.244 e. The zero-order valence-electron chi connectivity index (χ0n) is 17.1. The first-order valence-corrected chi connectivity index (χ1v) is 11.0. The maximum Gasteiger partial charge on any atom is 0.244 e. The van der Waals surface area contributed by atoms with E-state index < -0.39 is 0 Å². The predicted octanol–water partition coefficient (Wildman–Crippen LogP) is 4.06. The number of fused-ring (bicyclic) bond motifs is 1. The molecule has 0 saturated heterocycles. The summed E-state index contributed by atoms with van der Waals surface area (Å²) in [5.41, 5.74) is 6.02. The number of nitrogens with one attached hydrogen (secondary N) is 1. The van der Waals surface area contributed by atoms with Crippen molar-refractivity contribution in [1.82, 2.24) is 15.2 Å². The molecule has 1 aliphatic rings. The molecule has 32 heavy (non-hydrogen) atoms. The highest BCUT2D eigenvalue weighted by Gasteiger charge is 2.14. The number of carbonyl (C=O) groups is 1. The molecule has 0 unspecified atom stereocenters. The second-order valence-electron chi connectivity index (χ2n) is 7.14. The molecule has 1 aliphatic heterocycles. The van der Waals surface area contributed by atoms with Gasteiger partial charge in [-0.1, -0.05) is 30.3 Å². The molecular formula is C24H20N4O3S. The van der Waals surface area contributed by atoms with Crippen molar-refractivity contribution in [3.8, 4) is 27.8 Å². The predicted molar refractivity (Wildman–Crippen MR) is 124 cm³/mol. The van der Waals surface area contributed by atoms with Gasteiger partial charge in [0.25, 0.3) is 0 Å². The molecule has 0 fully saturated rings. The molecule has 1 amide bonds. The quantitative estimate of drug-likeness (QED) is 0.359. The Labute approximate surface area is 188 Å². The normalized spacial score (nSPS) is 12.8. The van der Waals surface area contributed by atoms with Crippen molar-refractivity contribution in [3.63, 3.8) is 0 Å². The van der Waals surface area contributed by atoms with Gasteiger partial charge in [0.15, 0.2) is 11.5 Å². The highest BCUT2D eigenvalue weighted by molar-refractivity contribution is 7.13. The van der Waals surface area contributed by atoms with Gasteiger partial charge in [-0.3, -0.25) is 4.79 Å². The molecule has 1 N–H and O–H groups in total. The minimum atomic E-state index is -0.217. The Morgan fingerprint density at radius 3 is 2.75 bits per heavy atom. The molecule has 0 atom stereocenters. The topological polar surface area (TPSA) is 77.7 Å². The van der Waals surface area contributed by atoms with E-state index >= 15 is 0 Å². The standard InChI is InChI=1S/C24H20N4O3S/c29-23(14-17-8-9-20-21(13-17)31-11-10-30-20)26-25-15-18-16-28(19-5-2-1-3-6-19)27-24(18)22-7-4-12-32-22/h1-9,12-13,15-16H,10-11,14H2,(H,26,29). The lowest BCUT2D eigenvalue weighted by Gasteiger charge is -2.18. The average molecular weight is 445 g/mol. The lowest BCUT2D eigenvalue weighted by atomic mass is 10.1. The van der Waals surface area contributed by atoms with E-state index in [9.17, 15) is 4.79 Å². The van der Waals surface area contributed by atoms with Crippen LogP contribution in [0, 0.1) is 0 Å². The summed E-state index contributed by atoms with van der Waals surface area (Å²) in [7, 11) is 0. The number of hydrazone groups is 1. The Morgan fingerprint density at radius 1 is 1.09 bits per heavy atom. The first-order valence-electron chi connectivity index (χ1n) is 10.2. The number of para-hydroxylation sites is 1. The van der Waals surface area contributed by atoms with Crippen molar-refractivity contribution in [2.24, 2.45) is 5.10 Å². The summed E-state index contributed by atoms with van der Waals surface area (Å²) < 4.78 is 12.9. The van der Waals surface area contributed by atoms with Crippen molar-refractivity contribution >= 4 is 23.5 Å². The molecule has 7 nitrogen and oxygen atoms in total. The minimum Gasteiger partial charge on any atom is -0.486 e. The van der Waals surface area contributed by atoms with Crippen LogP contribution in [0.4, 0.5) is 0 Å². The van der Waals surface area contributed by atoms with E-state index in [0.29, 0.717) is 24.7 Å². The summed E-state index contributed by atoms with van der Waals surface area (Å²) in [5.74, 6) is 1.15. The highest BCUT2D eigenvalue weighted by Crippen LogP contribution is 2.31. The molecule has 4 aromatic rings. The summed E-state index contributed by atoms with van der Waals surface area (Å²) in [4.78, 5) is 13.4. The van der Waals surface area contributed by atoms with Crippen LogP contribution >= 0.6 is 11.3 Å². The number of carbonyl (C=O) groups excluding carboxylic acids is 1. The molecule has 0 bridgehead atoms. The third-order valence-electron chi connectivity index (χ3n) is 4.88. The Bertz CT molecular complexity index is 1250. The highest BCUT2D eigenvalue weighted by atomic mass is 32.1. The van der Waals surface area contributed by atoms with E-state index in [1.165, 1.54) is 0 Å². The molecule has 0 radical (unpaired) electrons. The van der Waals surface area contributed by atoms with Gasteiger partial charge in [0.1, 0.15) is 18.9 Å². The van der Waals surface area contributed by atoms with Gasteiger partial charge in [0, 0.05) is 11.8 Å². The molecule has 160 valence electrons. The molecule has 5 rings (SSSR count). The van der Waals surface area contributed by atoms with Crippen molar-refractivity contribution in [2.75, 3.05) is 13.2 Å². The van der Waals surface area contributed by atoms with Crippen LogP contribution in [-0.4, -0.2) is 35.1 Å². The van der Waals surface area contributed by atoms with E-state index in [0.717, 1.165) is 27.4 Å². The molecule has 2 aromatic carbocycles. The molecule has 3 heterocycles. The van der Waals surface area contributed by atoms with Crippen LogP contribution in [0.2, 0.25) is 0 Å². The summed E-state index contributed by atoms with van der Waals surface area (Å²) >= 11 is 1.60. The fourth-order valence-corrected chi connectivity index (χ4v) is 4.13. The number of aromatic nitrogens is 2. The fourth-order valence-electron chi connectivity index (χ4n) is 3.40. The van der Waals surface area contributed by atoms with Gasteiger partial charge in [-0.05, 0) is 41.3 Å². The van der Waals surface area contributed by atoms with Crippen LogP contribution in [0.5, 0.6) is 11.5 Å². The second-order valence-corrected chi connectivity index (χ2v) is 8.09. The van der Waals surface area contributed by atoms with E-state index in [1.807, 2.05) is 76.9 Å². The van der Waals surface area contributed by atoms with Crippen molar-refractivity contribution in [1.29, 1.82) is 0 Å². The molecular weight excluding hydrogens is 424 g/mol. The Hall–Kier alpha value is -3.91. The lowest BCUT2D eigenvalue weighted by molar-refractivity contribution is -0.120. The summed E-state index contributed by atoms with van der Waals surface area (Å²) in [6, 6.07) is 19.4. The number of hydrogen-bond acceptors (Lipinski definition) is 6.